The summed E-state index contributed by atoms with van der Waals surface area (Å²) in [5, 5.41) is 11.8. The number of ether oxygens (including phenoxy) is 1. The summed E-state index contributed by atoms with van der Waals surface area (Å²) in [5.74, 6) is -1.34. The molecule has 90 valence electrons. The first-order valence-electron chi connectivity index (χ1n) is 5.67. The van der Waals surface area contributed by atoms with Crippen molar-refractivity contribution in [2.45, 2.75) is 44.2 Å². The van der Waals surface area contributed by atoms with Gasteiger partial charge in [-0.25, -0.2) is 0 Å². The molecule has 0 aromatic rings. The van der Waals surface area contributed by atoms with Crippen molar-refractivity contribution in [3.8, 4) is 0 Å². The molecule has 5 nitrogen and oxygen atoms in total. The zero-order valence-electron chi connectivity index (χ0n) is 9.36. The van der Waals surface area contributed by atoms with E-state index in [9.17, 15) is 9.59 Å². The van der Waals surface area contributed by atoms with Gasteiger partial charge in [0.25, 0.3) is 0 Å². The van der Waals surface area contributed by atoms with Gasteiger partial charge in [0.2, 0.25) is 5.91 Å². The fourth-order valence-corrected chi connectivity index (χ4v) is 2.34. The highest BCUT2D eigenvalue weighted by Gasteiger charge is 2.57. The summed E-state index contributed by atoms with van der Waals surface area (Å²) in [5.41, 5.74) is -1.14. The second kappa shape index (κ2) is 4.05. The number of methoxy groups -OCH3 is 1. The molecule has 2 aliphatic rings. The normalized spacial score (nSPS) is 31.1. The molecule has 0 bridgehead atoms. The molecule has 16 heavy (non-hydrogen) atoms. The lowest BCUT2D eigenvalue weighted by molar-refractivity contribution is -0.149. The van der Waals surface area contributed by atoms with E-state index in [0.717, 1.165) is 19.3 Å². The molecule has 2 N–H and O–H groups in total. The van der Waals surface area contributed by atoms with Gasteiger partial charge in [-0.05, 0) is 32.1 Å². The smallest absolute Gasteiger partial charge is 0.319 e. The molecule has 0 aromatic carbocycles. The summed E-state index contributed by atoms with van der Waals surface area (Å²) in [6, 6.07) is -0.0191. The van der Waals surface area contributed by atoms with E-state index in [1.54, 1.807) is 7.11 Å². The number of carboxylic acids is 1. The van der Waals surface area contributed by atoms with Crippen molar-refractivity contribution in [3.05, 3.63) is 0 Å². The van der Waals surface area contributed by atoms with Crippen LogP contribution in [0.3, 0.4) is 0 Å². The summed E-state index contributed by atoms with van der Waals surface area (Å²) in [6.45, 7) is 0. The van der Waals surface area contributed by atoms with Crippen LogP contribution in [-0.2, 0) is 14.3 Å². The van der Waals surface area contributed by atoms with Gasteiger partial charge in [-0.15, -0.1) is 0 Å². The van der Waals surface area contributed by atoms with E-state index in [-0.39, 0.29) is 18.1 Å². The van der Waals surface area contributed by atoms with Crippen molar-refractivity contribution in [1.82, 2.24) is 5.32 Å². The predicted octanol–water partition coefficient (Wildman–Crippen LogP) is 0.535. The Morgan fingerprint density at radius 2 is 2.06 bits per heavy atom. The van der Waals surface area contributed by atoms with E-state index in [2.05, 4.69) is 5.32 Å². The zero-order valence-corrected chi connectivity index (χ0v) is 9.36. The molecule has 2 atom stereocenters. The summed E-state index contributed by atoms with van der Waals surface area (Å²) in [4.78, 5) is 22.8. The fourth-order valence-electron chi connectivity index (χ4n) is 2.34. The van der Waals surface area contributed by atoms with Crippen LogP contribution in [0.25, 0.3) is 0 Å². The number of hydrogen-bond donors (Lipinski definition) is 2. The minimum absolute atomic E-state index is 0.0191. The molecular weight excluding hydrogens is 210 g/mol. The highest BCUT2D eigenvalue weighted by atomic mass is 16.5. The number of amides is 1. The van der Waals surface area contributed by atoms with Crippen LogP contribution >= 0.6 is 0 Å². The third-order valence-corrected chi connectivity index (χ3v) is 3.67. The van der Waals surface area contributed by atoms with Crippen LogP contribution in [0.15, 0.2) is 0 Å². The Morgan fingerprint density at radius 3 is 2.56 bits per heavy atom. The predicted molar refractivity (Wildman–Crippen MR) is 55.9 cm³/mol. The Bertz CT molecular complexity index is 311. The molecule has 2 saturated carbocycles. The van der Waals surface area contributed by atoms with Gasteiger partial charge in [0.1, 0.15) is 5.41 Å². The molecule has 0 heterocycles. The van der Waals surface area contributed by atoms with Crippen LogP contribution in [0.5, 0.6) is 0 Å². The average molecular weight is 227 g/mol. The molecule has 0 radical (unpaired) electrons. The van der Waals surface area contributed by atoms with Gasteiger partial charge in [-0.3, -0.25) is 9.59 Å². The van der Waals surface area contributed by atoms with E-state index in [1.807, 2.05) is 0 Å². The monoisotopic (exact) mass is 227 g/mol. The summed E-state index contributed by atoms with van der Waals surface area (Å²) in [7, 11) is 1.62. The second-order valence-electron chi connectivity index (χ2n) is 4.67. The van der Waals surface area contributed by atoms with Crippen molar-refractivity contribution < 1.29 is 19.4 Å². The lowest BCUT2D eigenvalue weighted by atomic mass is 10.1. The molecule has 0 spiro atoms. The third kappa shape index (κ3) is 1.80. The van der Waals surface area contributed by atoms with E-state index in [0.29, 0.717) is 12.8 Å². The summed E-state index contributed by atoms with van der Waals surface area (Å²) in [6.07, 6.45) is 3.77. The number of carbonyl (C=O) groups excluding carboxylic acids is 1. The van der Waals surface area contributed by atoms with Crippen LogP contribution < -0.4 is 5.32 Å². The number of rotatable bonds is 4. The fraction of sp³-hybridized carbons (Fsp3) is 0.818. The van der Waals surface area contributed by atoms with Gasteiger partial charge in [0.05, 0.1) is 12.1 Å². The Hall–Kier alpha value is -1.10. The summed E-state index contributed by atoms with van der Waals surface area (Å²) < 4.78 is 5.26. The lowest BCUT2D eigenvalue weighted by Gasteiger charge is -2.21. The minimum Gasteiger partial charge on any atom is -0.480 e. The molecule has 2 fully saturated rings. The average Bonchev–Trinajstić information content (AvgIpc) is 2.95. The van der Waals surface area contributed by atoms with Gasteiger partial charge in [0, 0.05) is 7.11 Å². The third-order valence-electron chi connectivity index (χ3n) is 3.67. The molecule has 5 heteroatoms. The molecule has 2 aliphatic carbocycles. The van der Waals surface area contributed by atoms with Crippen LogP contribution in [0, 0.1) is 5.41 Å². The van der Waals surface area contributed by atoms with E-state index in [1.165, 1.54) is 0 Å². The van der Waals surface area contributed by atoms with Gasteiger partial charge in [-0.1, -0.05) is 0 Å². The lowest BCUT2D eigenvalue weighted by Crippen LogP contribution is -2.46. The number of aliphatic carboxylic acids is 1. The number of carbonyl (C=O) groups is 2. The van der Waals surface area contributed by atoms with Crippen molar-refractivity contribution in [3.63, 3.8) is 0 Å². The molecule has 0 saturated heterocycles. The highest BCUT2D eigenvalue weighted by molar-refractivity contribution is 6.04. The van der Waals surface area contributed by atoms with Crippen molar-refractivity contribution >= 4 is 11.9 Å². The standard InChI is InChI=1S/C11H17NO4/c1-16-8-4-2-3-7(8)12-9(13)11(5-6-11)10(14)15/h7-8H,2-6H2,1H3,(H,12,13)(H,14,15). The first-order valence-corrected chi connectivity index (χ1v) is 5.67. The molecule has 2 rings (SSSR count). The van der Waals surface area contributed by atoms with Gasteiger partial charge >= 0.3 is 5.97 Å². The number of carboxylic acid groups (broad SMARTS) is 1. The van der Waals surface area contributed by atoms with Gasteiger partial charge < -0.3 is 15.2 Å². The maximum atomic E-state index is 11.8. The SMILES string of the molecule is COC1CCCC1NC(=O)C1(C(=O)O)CC1. The maximum Gasteiger partial charge on any atom is 0.319 e. The molecule has 0 aromatic heterocycles. The van der Waals surface area contributed by atoms with E-state index < -0.39 is 11.4 Å². The van der Waals surface area contributed by atoms with Crippen LogP contribution in [-0.4, -0.2) is 36.2 Å². The molecule has 1 amide bonds. The van der Waals surface area contributed by atoms with Crippen molar-refractivity contribution in [2.75, 3.05) is 7.11 Å². The molecule has 2 unspecified atom stereocenters. The zero-order chi connectivity index (χ0) is 11.8. The highest BCUT2D eigenvalue weighted by Crippen LogP contribution is 2.46. The van der Waals surface area contributed by atoms with E-state index >= 15 is 0 Å². The second-order valence-corrected chi connectivity index (χ2v) is 4.67. The minimum atomic E-state index is -1.14. The Morgan fingerprint density at radius 1 is 1.38 bits per heavy atom. The largest absolute Gasteiger partial charge is 0.480 e. The first-order chi connectivity index (χ1) is 7.60. The number of nitrogens with one attached hydrogen (secondary N) is 1. The number of hydrogen-bond acceptors (Lipinski definition) is 3. The Labute approximate surface area is 94.2 Å². The summed E-state index contributed by atoms with van der Waals surface area (Å²) >= 11 is 0. The molecule has 0 aliphatic heterocycles. The van der Waals surface area contributed by atoms with Crippen LogP contribution in [0.2, 0.25) is 0 Å². The van der Waals surface area contributed by atoms with Crippen LogP contribution in [0.4, 0.5) is 0 Å². The van der Waals surface area contributed by atoms with Gasteiger partial charge in [-0.2, -0.15) is 0 Å². The van der Waals surface area contributed by atoms with Gasteiger partial charge in [0.15, 0.2) is 0 Å². The maximum absolute atomic E-state index is 11.8. The first kappa shape index (κ1) is 11.4. The topological polar surface area (TPSA) is 75.6 Å². The van der Waals surface area contributed by atoms with E-state index in [4.69, 9.17) is 9.84 Å². The molecular formula is C11H17NO4. The quantitative estimate of drug-likeness (QED) is 0.687. The Kier molecular flexibility index (Phi) is 2.88. The van der Waals surface area contributed by atoms with Crippen molar-refractivity contribution in [2.24, 2.45) is 5.41 Å². The van der Waals surface area contributed by atoms with Crippen LogP contribution in [0.1, 0.15) is 32.1 Å². The van der Waals surface area contributed by atoms with Crippen molar-refractivity contribution in [1.29, 1.82) is 0 Å². The Balaban J connectivity index is 1.95.